The van der Waals surface area contributed by atoms with Gasteiger partial charge in [-0.1, -0.05) is 13.3 Å². The van der Waals surface area contributed by atoms with Gasteiger partial charge in [0.05, 0.1) is 0 Å². The molecule has 1 aromatic heterocycles. The van der Waals surface area contributed by atoms with Crippen molar-refractivity contribution in [2.24, 2.45) is 0 Å². The number of unbranched alkanes of at least 4 members (excludes halogenated alkanes) is 1. The van der Waals surface area contributed by atoms with Crippen molar-refractivity contribution < 1.29 is 14.3 Å². The SMILES string of the molecule is CCCCn1c(C)cc(C=C(C#N)C(=O)OCC(=O)N2CCCC2)c1C. The molecule has 1 aliphatic rings. The lowest BCUT2D eigenvalue weighted by atomic mass is 10.1. The molecule has 0 saturated carbocycles. The summed E-state index contributed by atoms with van der Waals surface area (Å²) in [5.74, 6) is -0.954. The summed E-state index contributed by atoms with van der Waals surface area (Å²) >= 11 is 0. The third-order valence-electron chi connectivity index (χ3n) is 4.77. The van der Waals surface area contributed by atoms with E-state index in [1.54, 1.807) is 11.0 Å². The first-order chi connectivity index (χ1) is 12.5. The Morgan fingerprint density at radius 3 is 2.62 bits per heavy atom. The van der Waals surface area contributed by atoms with Gasteiger partial charge in [-0.25, -0.2) is 4.79 Å². The third kappa shape index (κ3) is 4.75. The molecule has 0 aromatic carbocycles. The van der Waals surface area contributed by atoms with E-state index in [0.717, 1.165) is 49.2 Å². The van der Waals surface area contributed by atoms with Gasteiger partial charge in [-0.3, -0.25) is 4.79 Å². The van der Waals surface area contributed by atoms with E-state index in [4.69, 9.17) is 4.74 Å². The third-order valence-corrected chi connectivity index (χ3v) is 4.77. The fraction of sp³-hybridized carbons (Fsp3) is 0.550. The molecule has 26 heavy (non-hydrogen) atoms. The van der Waals surface area contributed by atoms with Crippen molar-refractivity contribution in [3.8, 4) is 6.07 Å². The van der Waals surface area contributed by atoms with Crippen LogP contribution in [0.1, 0.15) is 49.6 Å². The van der Waals surface area contributed by atoms with Crippen molar-refractivity contribution in [1.82, 2.24) is 9.47 Å². The fourth-order valence-corrected chi connectivity index (χ4v) is 3.19. The molecular weight excluding hydrogens is 330 g/mol. The monoisotopic (exact) mass is 357 g/mol. The molecule has 2 rings (SSSR count). The van der Waals surface area contributed by atoms with Crippen LogP contribution in [0, 0.1) is 25.2 Å². The lowest BCUT2D eigenvalue weighted by molar-refractivity contribution is -0.148. The maximum Gasteiger partial charge on any atom is 0.349 e. The Bertz CT molecular complexity index is 734. The molecule has 1 amide bonds. The van der Waals surface area contributed by atoms with Crippen LogP contribution in [0.2, 0.25) is 0 Å². The molecule has 0 bridgehead atoms. The van der Waals surface area contributed by atoms with Crippen molar-refractivity contribution in [2.75, 3.05) is 19.7 Å². The summed E-state index contributed by atoms with van der Waals surface area (Å²) in [6.07, 6.45) is 5.69. The summed E-state index contributed by atoms with van der Waals surface area (Å²) in [6, 6.07) is 3.86. The number of nitrogens with zero attached hydrogens (tertiary/aromatic N) is 3. The average molecular weight is 357 g/mol. The van der Waals surface area contributed by atoms with Crippen LogP contribution in [0.3, 0.4) is 0 Å². The summed E-state index contributed by atoms with van der Waals surface area (Å²) in [4.78, 5) is 25.8. The average Bonchev–Trinajstić information content (AvgIpc) is 3.25. The van der Waals surface area contributed by atoms with Crippen LogP contribution in [0.5, 0.6) is 0 Å². The Balaban J connectivity index is 2.06. The van der Waals surface area contributed by atoms with Crippen LogP contribution in [0.15, 0.2) is 11.6 Å². The summed E-state index contributed by atoms with van der Waals surface area (Å²) in [7, 11) is 0. The van der Waals surface area contributed by atoms with Crippen molar-refractivity contribution in [1.29, 1.82) is 5.26 Å². The van der Waals surface area contributed by atoms with Gasteiger partial charge < -0.3 is 14.2 Å². The Morgan fingerprint density at radius 1 is 1.31 bits per heavy atom. The second kappa shape index (κ2) is 9.23. The van der Waals surface area contributed by atoms with Gasteiger partial charge in [-0.15, -0.1) is 0 Å². The number of hydrogen-bond acceptors (Lipinski definition) is 4. The minimum absolute atomic E-state index is 0.0880. The standard InChI is InChI=1S/C20H27N3O3/c1-4-5-10-23-15(2)11-17(16(23)3)12-18(13-21)20(25)26-14-19(24)22-8-6-7-9-22/h11-12H,4-10,14H2,1-3H3. The zero-order valence-corrected chi connectivity index (χ0v) is 15.9. The van der Waals surface area contributed by atoms with Crippen LogP contribution >= 0.6 is 0 Å². The zero-order chi connectivity index (χ0) is 19.1. The predicted octanol–water partition coefficient (Wildman–Crippen LogP) is 2.98. The first kappa shape index (κ1) is 19.8. The van der Waals surface area contributed by atoms with Crippen LogP contribution in [0.4, 0.5) is 0 Å². The molecule has 0 unspecified atom stereocenters. The van der Waals surface area contributed by atoms with Crippen molar-refractivity contribution in [2.45, 2.75) is 53.0 Å². The van der Waals surface area contributed by atoms with Gasteiger partial charge in [-0.2, -0.15) is 5.26 Å². The summed E-state index contributed by atoms with van der Waals surface area (Å²) < 4.78 is 7.24. The van der Waals surface area contributed by atoms with E-state index < -0.39 is 5.97 Å². The number of carbonyl (C=O) groups excluding carboxylic acids is 2. The number of likely N-dealkylation sites (tertiary alicyclic amines) is 1. The highest BCUT2D eigenvalue weighted by Crippen LogP contribution is 2.19. The van der Waals surface area contributed by atoms with Gasteiger partial charge in [0.25, 0.3) is 5.91 Å². The lowest BCUT2D eigenvalue weighted by Crippen LogP contribution is -2.32. The largest absolute Gasteiger partial charge is 0.451 e. The minimum Gasteiger partial charge on any atom is -0.451 e. The number of carbonyl (C=O) groups is 2. The maximum absolute atomic E-state index is 12.2. The van der Waals surface area contributed by atoms with Crippen LogP contribution in [-0.2, 0) is 20.9 Å². The van der Waals surface area contributed by atoms with Crippen molar-refractivity contribution in [3.63, 3.8) is 0 Å². The van der Waals surface area contributed by atoms with Crippen LogP contribution in [-0.4, -0.2) is 41.0 Å². The highest BCUT2D eigenvalue weighted by Gasteiger charge is 2.20. The van der Waals surface area contributed by atoms with Crippen molar-refractivity contribution in [3.05, 3.63) is 28.6 Å². The number of amides is 1. The molecule has 2 heterocycles. The molecule has 0 aliphatic carbocycles. The topological polar surface area (TPSA) is 75.3 Å². The highest BCUT2D eigenvalue weighted by molar-refractivity contribution is 5.99. The van der Waals surface area contributed by atoms with E-state index in [9.17, 15) is 14.9 Å². The molecule has 6 heteroatoms. The van der Waals surface area contributed by atoms with E-state index in [2.05, 4.69) is 11.5 Å². The molecule has 0 spiro atoms. The Labute approximate surface area is 155 Å². The zero-order valence-electron chi connectivity index (χ0n) is 15.9. The molecule has 1 saturated heterocycles. The Hall–Kier alpha value is -2.55. The molecule has 0 N–H and O–H groups in total. The smallest absolute Gasteiger partial charge is 0.349 e. The number of ether oxygens (including phenoxy) is 1. The quantitative estimate of drug-likeness (QED) is 0.427. The van der Waals surface area contributed by atoms with E-state index in [1.807, 2.05) is 26.0 Å². The number of aromatic nitrogens is 1. The number of rotatable bonds is 7. The fourth-order valence-electron chi connectivity index (χ4n) is 3.19. The minimum atomic E-state index is -0.751. The molecule has 1 fully saturated rings. The van der Waals surface area contributed by atoms with E-state index in [0.29, 0.717) is 13.1 Å². The maximum atomic E-state index is 12.2. The molecule has 6 nitrogen and oxygen atoms in total. The van der Waals surface area contributed by atoms with Gasteiger partial charge in [-0.05, 0) is 50.8 Å². The number of hydrogen-bond donors (Lipinski definition) is 0. The molecule has 1 aromatic rings. The first-order valence-electron chi connectivity index (χ1n) is 9.21. The summed E-state index contributed by atoms with van der Waals surface area (Å²) in [5.41, 5.74) is 2.86. The van der Waals surface area contributed by atoms with Gasteiger partial charge in [0.1, 0.15) is 11.6 Å². The Kier molecular flexibility index (Phi) is 7.02. The predicted molar refractivity (Wildman–Crippen MR) is 99.2 cm³/mol. The molecule has 0 atom stereocenters. The molecular formula is C20H27N3O3. The second-order valence-electron chi connectivity index (χ2n) is 6.67. The number of esters is 1. The molecule has 1 aliphatic heterocycles. The van der Waals surface area contributed by atoms with Gasteiger partial charge in [0.2, 0.25) is 0 Å². The lowest BCUT2D eigenvalue weighted by Gasteiger charge is -2.14. The van der Waals surface area contributed by atoms with Crippen LogP contribution < -0.4 is 0 Å². The van der Waals surface area contributed by atoms with E-state index >= 15 is 0 Å². The van der Waals surface area contributed by atoms with Gasteiger partial charge in [0.15, 0.2) is 6.61 Å². The summed E-state index contributed by atoms with van der Waals surface area (Å²) in [6.45, 7) is 8.15. The van der Waals surface area contributed by atoms with Gasteiger partial charge in [0, 0.05) is 31.0 Å². The number of aryl methyl sites for hydroxylation is 1. The molecule has 140 valence electrons. The van der Waals surface area contributed by atoms with E-state index in [-0.39, 0.29) is 18.1 Å². The first-order valence-corrected chi connectivity index (χ1v) is 9.21. The normalized spacial score (nSPS) is 14.4. The van der Waals surface area contributed by atoms with E-state index in [1.165, 1.54) is 0 Å². The highest BCUT2D eigenvalue weighted by atomic mass is 16.5. The second-order valence-corrected chi connectivity index (χ2v) is 6.67. The van der Waals surface area contributed by atoms with Gasteiger partial charge >= 0.3 is 5.97 Å². The molecule has 0 radical (unpaired) electrons. The van der Waals surface area contributed by atoms with Crippen LogP contribution in [0.25, 0.3) is 6.08 Å². The Morgan fingerprint density at radius 2 is 2.00 bits per heavy atom. The summed E-state index contributed by atoms with van der Waals surface area (Å²) in [5, 5.41) is 9.32. The number of nitriles is 1. The van der Waals surface area contributed by atoms with Crippen molar-refractivity contribution >= 4 is 18.0 Å².